The fourth-order valence-corrected chi connectivity index (χ4v) is 1.69. The molecular weight excluding hydrogens is 288 g/mol. The summed E-state index contributed by atoms with van der Waals surface area (Å²) in [5.41, 5.74) is -1.75. The molecule has 2 aromatic rings. The van der Waals surface area contributed by atoms with Crippen LogP contribution in [0.2, 0.25) is 0 Å². The maximum absolute atomic E-state index is 13.4. The maximum Gasteiger partial charge on any atom is 0.261 e. The lowest BCUT2D eigenvalue weighted by molar-refractivity contribution is 0.101. The number of anilines is 1. The summed E-state index contributed by atoms with van der Waals surface area (Å²) in [7, 11) is 0. The van der Waals surface area contributed by atoms with Crippen LogP contribution in [0.4, 0.5) is 23.2 Å². The number of carbonyl (C=O) groups is 1. The number of nitriles is 1. The largest absolute Gasteiger partial charge is 0.320 e. The number of rotatable bonds is 2. The predicted octanol–water partition coefficient (Wildman–Crippen LogP) is 3.37. The van der Waals surface area contributed by atoms with Gasteiger partial charge < -0.3 is 5.32 Å². The van der Waals surface area contributed by atoms with Gasteiger partial charge in [-0.05, 0) is 12.1 Å². The van der Waals surface area contributed by atoms with E-state index in [1.807, 2.05) is 5.32 Å². The minimum atomic E-state index is -1.40. The van der Waals surface area contributed by atoms with Crippen LogP contribution in [0, 0.1) is 34.6 Å². The number of amides is 1. The van der Waals surface area contributed by atoms with E-state index in [1.165, 1.54) is 18.2 Å². The molecule has 0 aliphatic heterocycles. The van der Waals surface area contributed by atoms with E-state index in [0.29, 0.717) is 12.1 Å². The Morgan fingerprint density at radius 3 is 2.24 bits per heavy atom. The second kappa shape index (κ2) is 5.63. The summed E-state index contributed by atoms with van der Waals surface area (Å²) in [6.07, 6.45) is 0. The van der Waals surface area contributed by atoms with Gasteiger partial charge in [-0.15, -0.1) is 0 Å². The average Bonchev–Trinajstić information content (AvgIpc) is 2.37. The fraction of sp³-hybridized carbons (Fsp3) is 0. The predicted molar refractivity (Wildman–Crippen MR) is 65.4 cm³/mol. The van der Waals surface area contributed by atoms with Crippen LogP contribution >= 0.6 is 0 Å². The van der Waals surface area contributed by atoms with Gasteiger partial charge in [-0.25, -0.2) is 17.6 Å². The van der Waals surface area contributed by atoms with Crippen molar-refractivity contribution in [3.8, 4) is 6.07 Å². The highest BCUT2D eigenvalue weighted by Gasteiger charge is 2.20. The lowest BCUT2D eigenvalue weighted by atomic mass is 10.1. The molecule has 0 atom stereocenters. The van der Waals surface area contributed by atoms with E-state index in [4.69, 9.17) is 5.26 Å². The Labute approximate surface area is 116 Å². The first-order chi connectivity index (χ1) is 9.93. The number of hydrogen-bond donors (Lipinski definition) is 1. The van der Waals surface area contributed by atoms with Crippen LogP contribution in [-0.2, 0) is 0 Å². The molecule has 2 aromatic carbocycles. The van der Waals surface area contributed by atoms with E-state index < -0.39 is 40.3 Å². The number of benzene rings is 2. The molecular formula is C14H6F4N2O. The van der Waals surface area contributed by atoms with Crippen LogP contribution in [0.5, 0.6) is 0 Å². The molecule has 0 heterocycles. The second-order valence-corrected chi connectivity index (χ2v) is 3.97. The Morgan fingerprint density at radius 2 is 1.67 bits per heavy atom. The first kappa shape index (κ1) is 14.5. The molecule has 0 aliphatic rings. The molecule has 0 bridgehead atoms. The van der Waals surface area contributed by atoms with Crippen molar-refractivity contribution in [3.63, 3.8) is 0 Å². The average molecular weight is 294 g/mol. The van der Waals surface area contributed by atoms with Gasteiger partial charge in [0, 0.05) is 12.1 Å². The zero-order valence-electron chi connectivity index (χ0n) is 10.3. The topological polar surface area (TPSA) is 52.9 Å². The number of carbonyl (C=O) groups excluding carboxylic acids is 1. The third kappa shape index (κ3) is 2.84. The Morgan fingerprint density at radius 1 is 1.05 bits per heavy atom. The second-order valence-electron chi connectivity index (χ2n) is 3.97. The third-order valence-electron chi connectivity index (χ3n) is 2.61. The van der Waals surface area contributed by atoms with Crippen molar-refractivity contribution in [2.75, 3.05) is 5.32 Å². The fourth-order valence-electron chi connectivity index (χ4n) is 1.69. The molecule has 0 aliphatic carbocycles. The van der Waals surface area contributed by atoms with Gasteiger partial charge in [0.25, 0.3) is 5.91 Å². The number of hydrogen-bond acceptors (Lipinski definition) is 2. The zero-order valence-corrected chi connectivity index (χ0v) is 10.3. The molecule has 106 valence electrons. The molecule has 0 saturated carbocycles. The van der Waals surface area contributed by atoms with E-state index in [-0.39, 0.29) is 5.69 Å². The molecule has 3 nitrogen and oxygen atoms in total. The van der Waals surface area contributed by atoms with E-state index in [2.05, 4.69) is 0 Å². The van der Waals surface area contributed by atoms with Gasteiger partial charge in [-0.1, -0.05) is 6.07 Å². The molecule has 0 radical (unpaired) electrons. The molecule has 7 heteroatoms. The first-order valence-electron chi connectivity index (χ1n) is 5.58. The van der Waals surface area contributed by atoms with Gasteiger partial charge in [0.05, 0.1) is 5.69 Å². The van der Waals surface area contributed by atoms with Gasteiger partial charge in [0.15, 0.2) is 0 Å². The van der Waals surface area contributed by atoms with Crippen molar-refractivity contribution in [3.05, 3.63) is 64.7 Å². The van der Waals surface area contributed by atoms with Crippen molar-refractivity contribution >= 4 is 11.6 Å². The van der Waals surface area contributed by atoms with E-state index in [9.17, 15) is 22.4 Å². The van der Waals surface area contributed by atoms with Crippen molar-refractivity contribution in [1.82, 2.24) is 0 Å². The minimum absolute atomic E-state index is 0.245. The minimum Gasteiger partial charge on any atom is -0.320 e. The Hall–Kier alpha value is -2.88. The van der Waals surface area contributed by atoms with Crippen molar-refractivity contribution in [1.29, 1.82) is 5.26 Å². The lowest BCUT2D eigenvalue weighted by Gasteiger charge is -2.09. The van der Waals surface area contributed by atoms with Crippen molar-refractivity contribution < 1.29 is 22.4 Å². The lowest BCUT2D eigenvalue weighted by Crippen LogP contribution is -2.17. The monoisotopic (exact) mass is 294 g/mol. The standard InChI is InChI=1S/C14H6F4N2O/c15-7-4-10(17)13(11(18)5-7)14(21)20-12-3-1-2-9(16)8(12)6-19/h1-5H,(H,20,21). The van der Waals surface area contributed by atoms with E-state index in [1.54, 1.807) is 0 Å². The molecule has 0 unspecified atom stereocenters. The molecule has 0 spiro atoms. The van der Waals surface area contributed by atoms with Crippen LogP contribution in [0.3, 0.4) is 0 Å². The number of halogens is 4. The van der Waals surface area contributed by atoms with Gasteiger partial charge in [-0.2, -0.15) is 5.26 Å². The number of nitrogens with one attached hydrogen (secondary N) is 1. The van der Waals surface area contributed by atoms with E-state index >= 15 is 0 Å². The highest BCUT2D eigenvalue weighted by atomic mass is 19.1. The van der Waals surface area contributed by atoms with Gasteiger partial charge in [-0.3, -0.25) is 4.79 Å². The third-order valence-corrected chi connectivity index (χ3v) is 2.61. The molecule has 0 aromatic heterocycles. The van der Waals surface area contributed by atoms with Crippen LogP contribution in [0.1, 0.15) is 15.9 Å². The molecule has 0 saturated heterocycles. The highest BCUT2D eigenvalue weighted by molar-refractivity contribution is 6.05. The quantitative estimate of drug-likeness (QED) is 0.863. The van der Waals surface area contributed by atoms with Crippen LogP contribution < -0.4 is 5.32 Å². The van der Waals surface area contributed by atoms with Crippen molar-refractivity contribution in [2.45, 2.75) is 0 Å². The van der Waals surface area contributed by atoms with Crippen molar-refractivity contribution in [2.24, 2.45) is 0 Å². The molecule has 0 fully saturated rings. The summed E-state index contributed by atoms with van der Waals surface area (Å²) < 4.78 is 53.0. The summed E-state index contributed by atoms with van der Waals surface area (Å²) in [4.78, 5) is 11.8. The van der Waals surface area contributed by atoms with Crippen LogP contribution in [-0.4, -0.2) is 5.91 Å². The zero-order chi connectivity index (χ0) is 15.6. The molecule has 1 N–H and O–H groups in total. The highest BCUT2D eigenvalue weighted by Crippen LogP contribution is 2.21. The number of nitrogens with zero attached hydrogens (tertiary/aromatic N) is 1. The Bertz CT molecular complexity index is 745. The summed E-state index contributed by atoms with van der Waals surface area (Å²) >= 11 is 0. The van der Waals surface area contributed by atoms with Crippen LogP contribution in [0.15, 0.2) is 30.3 Å². The maximum atomic E-state index is 13.4. The molecule has 2 rings (SSSR count). The van der Waals surface area contributed by atoms with Crippen LogP contribution in [0.25, 0.3) is 0 Å². The summed E-state index contributed by atoms with van der Waals surface area (Å²) in [6, 6.07) is 5.60. The normalized spacial score (nSPS) is 10.0. The molecule has 21 heavy (non-hydrogen) atoms. The first-order valence-corrected chi connectivity index (χ1v) is 5.58. The summed E-state index contributed by atoms with van der Waals surface area (Å²) in [5.74, 6) is -6.13. The van der Waals surface area contributed by atoms with E-state index in [0.717, 1.165) is 6.07 Å². The molecule has 1 amide bonds. The van der Waals surface area contributed by atoms with Gasteiger partial charge in [0.2, 0.25) is 0 Å². The smallest absolute Gasteiger partial charge is 0.261 e. The Balaban J connectivity index is 2.41. The summed E-state index contributed by atoms with van der Waals surface area (Å²) in [5, 5.41) is 10.8. The SMILES string of the molecule is N#Cc1c(F)cccc1NC(=O)c1c(F)cc(F)cc1F. The Kier molecular flexibility index (Phi) is 3.89. The van der Waals surface area contributed by atoms with Gasteiger partial charge in [0.1, 0.15) is 40.5 Å². The van der Waals surface area contributed by atoms with Gasteiger partial charge >= 0.3 is 0 Å². The summed E-state index contributed by atoms with van der Waals surface area (Å²) in [6.45, 7) is 0.